The van der Waals surface area contributed by atoms with Crippen LogP contribution < -0.4 is 15.7 Å². The van der Waals surface area contributed by atoms with E-state index in [-0.39, 0.29) is 0 Å². The molecular weight excluding hydrogens is 717 g/mol. The van der Waals surface area contributed by atoms with Gasteiger partial charge in [-0.05, 0) is 79.5 Å². The van der Waals surface area contributed by atoms with Gasteiger partial charge in [0.1, 0.15) is 0 Å². The van der Waals surface area contributed by atoms with Gasteiger partial charge in [-0.3, -0.25) is 5.43 Å². The maximum atomic E-state index is 5.19. The molecule has 1 aliphatic rings. The van der Waals surface area contributed by atoms with Gasteiger partial charge in [0.2, 0.25) is 0 Å². The number of benzene rings is 3. The molecule has 0 saturated carbocycles. The number of nitrogens with one attached hydrogen (secondary N) is 1. The van der Waals surface area contributed by atoms with E-state index in [1.54, 1.807) is 0 Å². The number of hydrogen-bond donors (Lipinski definition) is 1. The molecule has 4 rings (SSSR count). The predicted molar refractivity (Wildman–Crippen MR) is 261 cm³/mol. The van der Waals surface area contributed by atoms with Crippen molar-refractivity contribution in [2.24, 2.45) is 5.10 Å². The van der Waals surface area contributed by atoms with Crippen molar-refractivity contribution < 1.29 is 0 Å². The van der Waals surface area contributed by atoms with E-state index in [9.17, 15) is 0 Å². The minimum Gasteiger partial charge on any atom is -0.259 e. The summed E-state index contributed by atoms with van der Waals surface area (Å²) in [6, 6.07) is 27.4. The maximum Gasteiger partial charge on any atom is 0.176 e. The van der Waals surface area contributed by atoms with Crippen LogP contribution in [-0.2, 0) is 19.3 Å². The van der Waals surface area contributed by atoms with Crippen LogP contribution in [0.25, 0.3) is 0 Å². The van der Waals surface area contributed by atoms with Gasteiger partial charge in [0.15, 0.2) is 5.84 Å². The highest BCUT2D eigenvalue weighted by Gasteiger charge is 2.26. The van der Waals surface area contributed by atoms with Gasteiger partial charge in [-0.1, -0.05) is 243 Å². The van der Waals surface area contributed by atoms with Crippen LogP contribution >= 0.6 is 0 Å². The van der Waals surface area contributed by atoms with Crippen LogP contribution in [0.15, 0.2) is 77.9 Å². The van der Waals surface area contributed by atoms with Crippen molar-refractivity contribution >= 4 is 17.2 Å². The van der Waals surface area contributed by atoms with Gasteiger partial charge < -0.3 is 0 Å². The molecule has 59 heavy (non-hydrogen) atoms. The number of unbranched alkanes of at least 4 members (excludes halogenated alkanes) is 27. The molecule has 0 bridgehead atoms. The van der Waals surface area contributed by atoms with Gasteiger partial charge >= 0.3 is 0 Å². The Kier molecular flexibility index (Phi) is 25.9. The summed E-state index contributed by atoms with van der Waals surface area (Å²) >= 11 is 0. The Morgan fingerprint density at radius 3 is 0.966 bits per heavy atom. The molecule has 0 aliphatic carbocycles. The fourth-order valence-corrected chi connectivity index (χ4v) is 8.66. The average Bonchev–Trinajstić information content (AvgIpc) is 3.72. The van der Waals surface area contributed by atoms with E-state index in [0.717, 1.165) is 42.0 Å². The van der Waals surface area contributed by atoms with E-state index in [0.29, 0.717) is 0 Å². The molecule has 3 aromatic carbocycles. The fourth-order valence-electron chi connectivity index (χ4n) is 8.66. The van der Waals surface area contributed by atoms with Crippen molar-refractivity contribution in [2.45, 2.75) is 233 Å². The first-order chi connectivity index (χ1) is 29.2. The second kappa shape index (κ2) is 31.6. The standard InChI is InChI=1S/C55H88N4/c1-4-7-10-13-16-19-22-25-28-31-34-49-37-43-52(44-38-49)55-56-58(53-45-39-50(40-46-53)35-32-29-26-23-20-17-14-11-8-5-2)59(57-55)54-47-41-51(42-48-54)36-33-30-27-24-21-18-15-12-9-6-3/h37-48H,4-36H2,1-3H3,(H,56,57). The van der Waals surface area contributed by atoms with Crippen molar-refractivity contribution in [3.05, 3.63) is 95.1 Å². The highest BCUT2D eigenvalue weighted by Crippen LogP contribution is 2.28. The Labute approximate surface area is 364 Å². The number of rotatable bonds is 36. The Hall–Kier alpha value is -3.27. The minimum absolute atomic E-state index is 0.888. The molecule has 3 aromatic rings. The van der Waals surface area contributed by atoms with Crippen molar-refractivity contribution in [2.75, 3.05) is 10.2 Å². The molecule has 0 spiro atoms. The first-order valence-corrected chi connectivity index (χ1v) is 25.4. The molecule has 0 amide bonds. The molecule has 0 aromatic heterocycles. The van der Waals surface area contributed by atoms with E-state index in [1.165, 1.54) is 209 Å². The molecule has 1 aliphatic heterocycles. The zero-order chi connectivity index (χ0) is 41.4. The van der Waals surface area contributed by atoms with E-state index in [2.05, 4.69) is 109 Å². The monoisotopic (exact) mass is 805 g/mol. The SMILES string of the molecule is CCCCCCCCCCCCc1ccc(C2=NN(c3ccc(CCCCCCCCCCCC)cc3)N(c3ccc(CCCCCCCCCCCC)cc3)N2)cc1. The van der Waals surface area contributed by atoms with Crippen molar-refractivity contribution in [1.82, 2.24) is 5.43 Å². The summed E-state index contributed by atoms with van der Waals surface area (Å²) in [5, 5.41) is 9.36. The van der Waals surface area contributed by atoms with Gasteiger partial charge in [0.05, 0.1) is 11.4 Å². The fraction of sp³-hybridized carbons (Fsp3) is 0.655. The van der Waals surface area contributed by atoms with E-state index in [4.69, 9.17) is 5.10 Å². The molecule has 4 nitrogen and oxygen atoms in total. The number of hydrazone groups is 1. The lowest BCUT2D eigenvalue weighted by atomic mass is 10.0. The number of hydrogen-bond acceptors (Lipinski definition) is 4. The first kappa shape index (κ1) is 48.4. The van der Waals surface area contributed by atoms with Crippen LogP contribution in [0.4, 0.5) is 11.4 Å². The number of hydrazine groups is 2. The van der Waals surface area contributed by atoms with Crippen LogP contribution in [0.5, 0.6) is 0 Å². The third kappa shape index (κ3) is 20.2. The van der Waals surface area contributed by atoms with Gasteiger partial charge in [-0.15, -0.1) is 5.10 Å². The third-order valence-corrected chi connectivity index (χ3v) is 12.6. The summed E-state index contributed by atoms with van der Waals surface area (Å²) in [5.74, 6) is 0.888. The summed E-state index contributed by atoms with van der Waals surface area (Å²) in [4.78, 5) is 0. The molecule has 0 radical (unpaired) electrons. The van der Waals surface area contributed by atoms with Crippen LogP contribution in [-0.4, -0.2) is 5.84 Å². The quantitative estimate of drug-likeness (QED) is 0.0594. The van der Waals surface area contributed by atoms with E-state index < -0.39 is 0 Å². The summed E-state index contributed by atoms with van der Waals surface area (Å²) in [5.41, 5.74) is 11.3. The predicted octanol–water partition coefficient (Wildman–Crippen LogP) is 17.2. The Morgan fingerprint density at radius 2 is 0.627 bits per heavy atom. The molecule has 328 valence electrons. The molecule has 0 unspecified atom stereocenters. The molecular formula is C55H88N4. The first-order valence-electron chi connectivity index (χ1n) is 25.4. The molecule has 0 saturated heterocycles. The number of nitrogens with zero attached hydrogens (tertiary/aromatic N) is 3. The van der Waals surface area contributed by atoms with Crippen LogP contribution in [0, 0.1) is 0 Å². The minimum atomic E-state index is 0.888. The molecule has 0 atom stereocenters. The topological polar surface area (TPSA) is 30.9 Å². The summed E-state index contributed by atoms with van der Waals surface area (Å²) in [6.07, 6.45) is 44.8. The molecule has 0 fully saturated rings. The second-order valence-corrected chi connectivity index (χ2v) is 18.0. The number of amidine groups is 1. The molecule has 1 heterocycles. The highest BCUT2D eigenvalue weighted by atomic mass is 15.9. The van der Waals surface area contributed by atoms with E-state index in [1.807, 2.05) is 0 Å². The zero-order valence-electron chi connectivity index (χ0n) is 38.6. The van der Waals surface area contributed by atoms with E-state index >= 15 is 0 Å². The van der Waals surface area contributed by atoms with Gasteiger partial charge in [0.25, 0.3) is 0 Å². The normalized spacial score (nSPS) is 12.7. The largest absolute Gasteiger partial charge is 0.259 e. The lowest BCUT2D eigenvalue weighted by Gasteiger charge is -2.28. The smallest absolute Gasteiger partial charge is 0.176 e. The Balaban J connectivity index is 1.28. The summed E-state index contributed by atoms with van der Waals surface area (Å²) < 4.78 is 0. The van der Waals surface area contributed by atoms with Gasteiger partial charge in [-0.2, -0.15) is 10.2 Å². The summed E-state index contributed by atoms with van der Waals surface area (Å²) in [7, 11) is 0. The van der Waals surface area contributed by atoms with Crippen molar-refractivity contribution in [3.63, 3.8) is 0 Å². The number of aryl methyl sites for hydroxylation is 3. The molecule has 4 heteroatoms. The van der Waals surface area contributed by atoms with Crippen LogP contribution in [0.2, 0.25) is 0 Å². The Bertz CT molecular complexity index is 1460. The lowest BCUT2D eigenvalue weighted by molar-refractivity contribution is 0.556. The maximum absolute atomic E-state index is 5.19. The zero-order valence-corrected chi connectivity index (χ0v) is 38.6. The second-order valence-electron chi connectivity index (χ2n) is 18.0. The Morgan fingerprint density at radius 1 is 0.339 bits per heavy atom. The average molecular weight is 805 g/mol. The van der Waals surface area contributed by atoms with Crippen molar-refractivity contribution in [3.8, 4) is 0 Å². The molecule has 1 N–H and O–H groups in total. The highest BCUT2D eigenvalue weighted by molar-refractivity contribution is 6.02. The van der Waals surface area contributed by atoms with Crippen LogP contribution in [0.1, 0.15) is 236 Å². The van der Waals surface area contributed by atoms with Crippen molar-refractivity contribution in [1.29, 1.82) is 0 Å². The third-order valence-electron chi connectivity index (χ3n) is 12.6. The van der Waals surface area contributed by atoms with Gasteiger partial charge in [-0.25, -0.2) is 0 Å². The van der Waals surface area contributed by atoms with Crippen LogP contribution in [0.3, 0.4) is 0 Å². The lowest BCUT2D eigenvalue weighted by Crippen LogP contribution is -2.44. The summed E-state index contributed by atoms with van der Waals surface area (Å²) in [6.45, 7) is 6.90. The number of anilines is 2. The van der Waals surface area contributed by atoms with Gasteiger partial charge in [0, 0.05) is 5.56 Å².